The molecule has 0 spiro atoms. The molecule has 0 saturated carbocycles. The van der Waals surface area contributed by atoms with E-state index in [1.54, 1.807) is 12.1 Å². The Kier molecular flexibility index (Phi) is 9.52. The van der Waals surface area contributed by atoms with Crippen LogP contribution >= 0.6 is 27.5 Å². The van der Waals surface area contributed by atoms with Crippen LogP contribution in [-0.4, -0.2) is 45.0 Å². The van der Waals surface area contributed by atoms with Crippen molar-refractivity contribution in [3.63, 3.8) is 0 Å². The van der Waals surface area contributed by atoms with E-state index in [4.69, 9.17) is 16.3 Å². The van der Waals surface area contributed by atoms with Gasteiger partial charge in [-0.15, -0.1) is 0 Å². The fourth-order valence-electron chi connectivity index (χ4n) is 4.81. The number of nitrogens with zero attached hydrogens (tertiary/aromatic N) is 2. The highest BCUT2D eigenvalue weighted by molar-refractivity contribution is 9.10. The van der Waals surface area contributed by atoms with Crippen molar-refractivity contribution in [1.29, 1.82) is 0 Å². The summed E-state index contributed by atoms with van der Waals surface area (Å²) in [5.74, 6) is -0.0856. The Morgan fingerprint density at radius 3 is 2.29 bits per heavy atom. The van der Waals surface area contributed by atoms with E-state index in [1.807, 2.05) is 61.2 Å². The van der Waals surface area contributed by atoms with Crippen LogP contribution in [-0.2, 0) is 26.1 Å². The minimum absolute atomic E-state index is 0.0187. The summed E-state index contributed by atoms with van der Waals surface area (Å²) in [6.07, 6.45) is 1.55. The van der Waals surface area contributed by atoms with Crippen LogP contribution in [0.4, 0.5) is 5.69 Å². The van der Waals surface area contributed by atoms with Crippen molar-refractivity contribution < 1.29 is 17.9 Å². The van der Waals surface area contributed by atoms with Crippen molar-refractivity contribution in [3.05, 3.63) is 92.9 Å². The number of benzene rings is 3. The number of anilines is 1. The lowest BCUT2D eigenvalue weighted by atomic mass is 10.0. The summed E-state index contributed by atoms with van der Waals surface area (Å²) in [6, 6.07) is 19.7. The first-order valence-electron chi connectivity index (χ1n) is 12.6. The molecule has 0 bridgehead atoms. The molecule has 0 atom stereocenters. The summed E-state index contributed by atoms with van der Waals surface area (Å²) in [7, 11) is -3.94. The fourth-order valence-corrected chi connectivity index (χ4v) is 6.83. The molecule has 202 valence electrons. The van der Waals surface area contributed by atoms with E-state index in [1.165, 1.54) is 16.4 Å². The number of rotatable bonds is 9. The topological polar surface area (TPSA) is 66.9 Å². The third-order valence-electron chi connectivity index (χ3n) is 6.62. The van der Waals surface area contributed by atoms with Crippen LogP contribution in [0.3, 0.4) is 0 Å². The average molecular weight is 620 g/mol. The number of amides is 1. The largest absolute Gasteiger partial charge is 0.381 e. The van der Waals surface area contributed by atoms with E-state index in [9.17, 15) is 13.2 Å². The van der Waals surface area contributed by atoms with Crippen molar-refractivity contribution in [2.75, 3.05) is 24.1 Å². The van der Waals surface area contributed by atoms with Crippen molar-refractivity contribution in [1.82, 2.24) is 4.90 Å². The maximum absolute atomic E-state index is 13.8. The zero-order chi connectivity index (χ0) is 27.3. The molecule has 0 radical (unpaired) electrons. The van der Waals surface area contributed by atoms with Gasteiger partial charge >= 0.3 is 0 Å². The van der Waals surface area contributed by atoms with Gasteiger partial charge in [0, 0.05) is 48.3 Å². The Morgan fingerprint density at radius 1 is 1.00 bits per heavy atom. The normalized spacial score (nSPS) is 14.3. The van der Waals surface area contributed by atoms with Gasteiger partial charge in [-0.2, -0.15) is 0 Å². The molecule has 3 aromatic rings. The highest BCUT2D eigenvalue weighted by Crippen LogP contribution is 2.28. The Balaban J connectivity index is 1.63. The molecular formula is C29H32BrClN2O4S. The number of halogens is 2. The third kappa shape index (κ3) is 7.17. The summed E-state index contributed by atoms with van der Waals surface area (Å²) in [5.41, 5.74) is 3.44. The van der Waals surface area contributed by atoms with E-state index < -0.39 is 10.0 Å². The van der Waals surface area contributed by atoms with Crippen LogP contribution in [0, 0.1) is 13.8 Å². The average Bonchev–Trinajstić information content (AvgIpc) is 2.87. The SMILES string of the molecule is Cc1cc(C)cc(N(CCC(=O)N(Cc2cccc(Br)c2)C2CCOCC2)S(=O)(=O)c2ccc(Cl)cc2)c1. The van der Waals surface area contributed by atoms with Gasteiger partial charge in [-0.3, -0.25) is 9.10 Å². The minimum Gasteiger partial charge on any atom is -0.381 e. The molecule has 9 heteroatoms. The Bertz CT molecular complexity index is 1360. The van der Waals surface area contributed by atoms with Gasteiger partial charge in [0.2, 0.25) is 5.91 Å². The van der Waals surface area contributed by atoms with Crippen molar-refractivity contribution in [3.8, 4) is 0 Å². The van der Waals surface area contributed by atoms with Crippen LogP contribution < -0.4 is 4.31 Å². The van der Waals surface area contributed by atoms with E-state index in [0.29, 0.717) is 30.5 Å². The monoisotopic (exact) mass is 618 g/mol. The summed E-state index contributed by atoms with van der Waals surface area (Å²) >= 11 is 9.53. The molecule has 38 heavy (non-hydrogen) atoms. The quantitative estimate of drug-likeness (QED) is 0.274. The van der Waals surface area contributed by atoms with Gasteiger partial charge < -0.3 is 9.64 Å². The molecule has 1 fully saturated rings. The van der Waals surface area contributed by atoms with Crippen LogP contribution in [0.1, 0.15) is 36.0 Å². The summed E-state index contributed by atoms with van der Waals surface area (Å²) in [5, 5.41) is 0.455. The minimum atomic E-state index is -3.94. The molecule has 0 aliphatic carbocycles. The highest BCUT2D eigenvalue weighted by Gasteiger charge is 2.30. The van der Waals surface area contributed by atoms with E-state index >= 15 is 0 Å². The number of sulfonamides is 1. The van der Waals surface area contributed by atoms with Gasteiger partial charge in [-0.05, 0) is 91.9 Å². The highest BCUT2D eigenvalue weighted by atomic mass is 79.9. The van der Waals surface area contributed by atoms with Gasteiger partial charge in [-0.25, -0.2) is 8.42 Å². The van der Waals surface area contributed by atoms with Crippen LogP contribution in [0.25, 0.3) is 0 Å². The summed E-state index contributed by atoms with van der Waals surface area (Å²) < 4.78 is 35.5. The molecule has 1 heterocycles. The lowest BCUT2D eigenvalue weighted by Crippen LogP contribution is -2.44. The number of hydrogen-bond acceptors (Lipinski definition) is 4. The van der Waals surface area contributed by atoms with Gasteiger partial charge in [0.1, 0.15) is 0 Å². The van der Waals surface area contributed by atoms with Crippen molar-refractivity contribution >= 4 is 49.1 Å². The predicted octanol–water partition coefficient (Wildman–Crippen LogP) is 6.51. The summed E-state index contributed by atoms with van der Waals surface area (Å²) in [4.78, 5) is 15.8. The smallest absolute Gasteiger partial charge is 0.264 e. The Labute approximate surface area is 238 Å². The number of aryl methyl sites for hydroxylation is 2. The second-order valence-corrected chi connectivity index (χ2v) is 12.8. The summed E-state index contributed by atoms with van der Waals surface area (Å²) in [6.45, 7) is 5.54. The molecule has 1 aliphatic rings. The predicted molar refractivity (Wildman–Crippen MR) is 155 cm³/mol. The zero-order valence-corrected chi connectivity index (χ0v) is 24.7. The first-order valence-corrected chi connectivity index (χ1v) is 15.2. The maximum atomic E-state index is 13.8. The lowest BCUT2D eigenvalue weighted by molar-refractivity contribution is -0.136. The standard InChI is InChI=1S/C29H32BrClN2O4S/c1-21-16-22(2)18-27(17-21)33(38(35,36)28-8-6-25(31)7-9-28)13-10-29(34)32(26-11-14-37-15-12-26)20-23-4-3-5-24(30)19-23/h3-9,16-19,26H,10-15,20H2,1-2H3. The first-order chi connectivity index (χ1) is 18.1. The van der Waals surface area contributed by atoms with Gasteiger partial charge in [0.05, 0.1) is 10.6 Å². The Hall–Kier alpha value is -2.39. The van der Waals surface area contributed by atoms with E-state index in [2.05, 4.69) is 15.9 Å². The Morgan fingerprint density at radius 2 is 1.66 bits per heavy atom. The van der Waals surface area contributed by atoms with Gasteiger partial charge in [-0.1, -0.05) is 45.7 Å². The number of carbonyl (C=O) groups excluding carboxylic acids is 1. The van der Waals surface area contributed by atoms with Crippen LogP contribution in [0.2, 0.25) is 5.02 Å². The molecule has 0 unspecified atom stereocenters. The fraction of sp³-hybridized carbons (Fsp3) is 0.345. The molecule has 0 N–H and O–H groups in total. The second-order valence-electron chi connectivity index (χ2n) is 9.62. The molecule has 1 amide bonds. The third-order valence-corrected chi connectivity index (χ3v) is 9.21. The molecule has 6 nitrogen and oxygen atoms in total. The lowest BCUT2D eigenvalue weighted by Gasteiger charge is -2.35. The molecular weight excluding hydrogens is 588 g/mol. The van der Waals surface area contributed by atoms with Crippen molar-refractivity contribution in [2.45, 2.75) is 50.6 Å². The van der Waals surface area contributed by atoms with E-state index in [0.717, 1.165) is 34.0 Å². The molecule has 4 rings (SSSR count). The van der Waals surface area contributed by atoms with Crippen LogP contribution in [0.15, 0.2) is 76.1 Å². The molecule has 3 aromatic carbocycles. The first kappa shape index (κ1) is 28.6. The van der Waals surface area contributed by atoms with E-state index in [-0.39, 0.29) is 29.8 Å². The second kappa shape index (κ2) is 12.6. The zero-order valence-electron chi connectivity index (χ0n) is 21.6. The van der Waals surface area contributed by atoms with Gasteiger partial charge in [0.15, 0.2) is 0 Å². The number of carbonyl (C=O) groups is 1. The molecule has 1 aliphatic heterocycles. The van der Waals surface area contributed by atoms with Crippen molar-refractivity contribution in [2.24, 2.45) is 0 Å². The maximum Gasteiger partial charge on any atom is 0.264 e. The molecule has 1 saturated heterocycles. The van der Waals surface area contributed by atoms with Gasteiger partial charge in [0.25, 0.3) is 10.0 Å². The molecule has 0 aromatic heterocycles. The van der Waals surface area contributed by atoms with Crippen LogP contribution in [0.5, 0.6) is 0 Å². The number of ether oxygens (including phenoxy) is 1. The number of hydrogen-bond donors (Lipinski definition) is 0.